The van der Waals surface area contributed by atoms with Crippen LogP contribution in [0.1, 0.15) is 35.2 Å². The highest BCUT2D eigenvalue weighted by atomic mass is 16.5. The Kier molecular flexibility index (Phi) is 5.72. The highest BCUT2D eigenvalue weighted by Gasteiger charge is 2.13. The molecule has 0 bridgehead atoms. The van der Waals surface area contributed by atoms with Crippen LogP contribution in [0.4, 0.5) is 0 Å². The number of ether oxygens (including phenoxy) is 1. The summed E-state index contributed by atoms with van der Waals surface area (Å²) in [7, 11) is 0. The predicted molar refractivity (Wildman–Crippen MR) is 63.2 cm³/mol. The summed E-state index contributed by atoms with van der Waals surface area (Å²) in [5.74, 6) is -0.350. The lowest BCUT2D eigenvalue weighted by Gasteiger charge is -2.02. The van der Waals surface area contributed by atoms with Gasteiger partial charge >= 0.3 is 5.97 Å². The summed E-state index contributed by atoms with van der Waals surface area (Å²) in [4.78, 5) is 10.8. The summed E-state index contributed by atoms with van der Waals surface area (Å²) in [5.41, 5.74) is 0.656. The second-order valence-electron chi connectivity index (χ2n) is 3.76. The van der Waals surface area contributed by atoms with Crippen molar-refractivity contribution in [2.75, 3.05) is 19.8 Å². The Hall–Kier alpha value is -1.33. The quantitative estimate of drug-likeness (QED) is 0.679. The SMILES string of the molecule is CCOCCCNCc1cc(C)c(C(=O)O)o1. The van der Waals surface area contributed by atoms with Crippen molar-refractivity contribution >= 4 is 5.97 Å². The van der Waals surface area contributed by atoms with E-state index in [9.17, 15) is 4.79 Å². The molecule has 0 unspecified atom stereocenters. The van der Waals surface area contributed by atoms with Gasteiger partial charge in [-0.05, 0) is 32.9 Å². The van der Waals surface area contributed by atoms with Gasteiger partial charge in [0.1, 0.15) is 5.76 Å². The standard InChI is InChI=1S/C12H19NO4/c1-3-16-6-4-5-13-8-10-7-9(2)11(17-10)12(14)15/h7,13H,3-6,8H2,1-2H3,(H,14,15). The van der Waals surface area contributed by atoms with Crippen molar-refractivity contribution in [1.82, 2.24) is 5.32 Å². The van der Waals surface area contributed by atoms with Gasteiger partial charge in [-0.15, -0.1) is 0 Å². The van der Waals surface area contributed by atoms with E-state index >= 15 is 0 Å². The monoisotopic (exact) mass is 241 g/mol. The molecule has 0 radical (unpaired) electrons. The molecule has 1 aromatic rings. The Morgan fingerprint density at radius 1 is 1.59 bits per heavy atom. The highest BCUT2D eigenvalue weighted by Crippen LogP contribution is 2.14. The molecule has 0 spiro atoms. The number of rotatable bonds is 8. The van der Waals surface area contributed by atoms with Crippen LogP contribution in [0.25, 0.3) is 0 Å². The van der Waals surface area contributed by atoms with Crippen molar-refractivity contribution in [3.05, 3.63) is 23.2 Å². The maximum Gasteiger partial charge on any atom is 0.372 e. The molecule has 1 heterocycles. The van der Waals surface area contributed by atoms with E-state index in [0.717, 1.165) is 26.2 Å². The minimum Gasteiger partial charge on any atom is -0.475 e. The summed E-state index contributed by atoms with van der Waals surface area (Å²) in [5, 5.41) is 12.0. The van der Waals surface area contributed by atoms with E-state index in [1.807, 2.05) is 6.92 Å². The van der Waals surface area contributed by atoms with Crippen LogP contribution in [0.2, 0.25) is 0 Å². The van der Waals surface area contributed by atoms with Crippen molar-refractivity contribution in [2.45, 2.75) is 26.8 Å². The first-order valence-electron chi connectivity index (χ1n) is 5.76. The van der Waals surface area contributed by atoms with Crippen LogP contribution in [-0.2, 0) is 11.3 Å². The molecule has 0 aliphatic rings. The first-order valence-corrected chi connectivity index (χ1v) is 5.76. The zero-order valence-corrected chi connectivity index (χ0v) is 10.3. The van der Waals surface area contributed by atoms with Gasteiger partial charge in [-0.25, -0.2) is 4.79 Å². The largest absolute Gasteiger partial charge is 0.475 e. The molecule has 0 saturated carbocycles. The molecular formula is C12H19NO4. The number of furan rings is 1. The lowest BCUT2D eigenvalue weighted by Crippen LogP contribution is -2.16. The summed E-state index contributed by atoms with van der Waals surface area (Å²) < 4.78 is 10.4. The fourth-order valence-corrected chi connectivity index (χ4v) is 1.50. The molecule has 0 amide bonds. The zero-order valence-electron chi connectivity index (χ0n) is 10.3. The maximum absolute atomic E-state index is 10.8. The Labute approximate surface area is 101 Å². The molecular weight excluding hydrogens is 222 g/mol. The molecule has 0 aromatic carbocycles. The minimum absolute atomic E-state index is 0.0242. The number of carbonyl (C=O) groups is 1. The Morgan fingerprint density at radius 2 is 2.35 bits per heavy atom. The smallest absolute Gasteiger partial charge is 0.372 e. The Morgan fingerprint density at radius 3 is 2.94 bits per heavy atom. The summed E-state index contributed by atoms with van der Waals surface area (Å²) in [6, 6.07) is 1.75. The molecule has 1 rings (SSSR count). The first-order chi connectivity index (χ1) is 8.15. The molecule has 0 aliphatic heterocycles. The van der Waals surface area contributed by atoms with Crippen LogP contribution in [0.5, 0.6) is 0 Å². The Bertz CT molecular complexity index is 359. The molecule has 0 aliphatic carbocycles. The molecule has 5 nitrogen and oxygen atoms in total. The normalized spacial score (nSPS) is 10.7. The second-order valence-corrected chi connectivity index (χ2v) is 3.76. The fraction of sp³-hybridized carbons (Fsp3) is 0.583. The Balaban J connectivity index is 2.27. The predicted octanol–water partition coefficient (Wildman–Crippen LogP) is 1.80. The van der Waals surface area contributed by atoms with Crippen molar-refractivity contribution in [2.24, 2.45) is 0 Å². The third kappa shape index (κ3) is 4.58. The molecule has 96 valence electrons. The van der Waals surface area contributed by atoms with E-state index in [-0.39, 0.29) is 5.76 Å². The van der Waals surface area contributed by atoms with E-state index in [0.29, 0.717) is 17.9 Å². The molecule has 0 atom stereocenters. The van der Waals surface area contributed by atoms with Gasteiger partial charge in [0.15, 0.2) is 0 Å². The molecule has 2 N–H and O–H groups in total. The topological polar surface area (TPSA) is 71.7 Å². The zero-order chi connectivity index (χ0) is 12.7. The third-order valence-electron chi connectivity index (χ3n) is 2.31. The number of carboxylic acids is 1. The first kappa shape index (κ1) is 13.7. The summed E-state index contributed by atoms with van der Waals surface area (Å²) in [6.07, 6.45) is 0.930. The third-order valence-corrected chi connectivity index (χ3v) is 2.31. The van der Waals surface area contributed by atoms with Gasteiger partial charge in [0.25, 0.3) is 0 Å². The molecule has 0 saturated heterocycles. The number of nitrogens with one attached hydrogen (secondary N) is 1. The average Bonchev–Trinajstić information content (AvgIpc) is 2.65. The van der Waals surface area contributed by atoms with Gasteiger partial charge in [-0.1, -0.05) is 0 Å². The van der Waals surface area contributed by atoms with Gasteiger partial charge in [0, 0.05) is 18.8 Å². The van der Waals surface area contributed by atoms with Gasteiger partial charge in [-0.2, -0.15) is 0 Å². The number of aromatic carboxylic acids is 1. The van der Waals surface area contributed by atoms with E-state index in [1.54, 1.807) is 13.0 Å². The highest BCUT2D eigenvalue weighted by molar-refractivity contribution is 5.86. The van der Waals surface area contributed by atoms with Crippen LogP contribution in [0.3, 0.4) is 0 Å². The van der Waals surface area contributed by atoms with Crippen molar-refractivity contribution in [1.29, 1.82) is 0 Å². The van der Waals surface area contributed by atoms with E-state index in [4.69, 9.17) is 14.3 Å². The lowest BCUT2D eigenvalue weighted by molar-refractivity contribution is 0.0659. The van der Waals surface area contributed by atoms with Crippen molar-refractivity contribution < 1.29 is 19.1 Å². The van der Waals surface area contributed by atoms with Crippen molar-refractivity contribution in [3.63, 3.8) is 0 Å². The number of hydrogen-bond acceptors (Lipinski definition) is 4. The number of hydrogen-bond donors (Lipinski definition) is 2. The van der Waals surface area contributed by atoms with Gasteiger partial charge in [-0.3, -0.25) is 0 Å². The number of aryl methyl sites for hydroxylation is 1. The lowest BCUT2D eigenvalue weighted by atomic mass is 10.2. The van der Waals surface area contributed by atoms with Crippen LogP contribution >= 0.6 is 0 Å². The van der Waals surface area contributed by atoms with Crippen LogP contribution < -0.4 is 5.32 Å². The summed E-state index contributed by atoms with van der Waals surface area (Å²) in [6.45, 7) is 6.53. The van der Waals surface area contributed by atoms with E-state index in [1.165, 1.54) is 0 Å². The van der Waals surface area contributed by atoms with Crippen LogP contribution in [0.15, 0.2) is 10.5 Å². The second kappa shape index (κ2) is 7.09. The maximum atomic E-state index is 10.8. The number of carboxylic acid groups (broad SMARTS) is 1. The van der Waals surface area contributed by atoms with Crippen molar-refractivity contribution in [3.8, 4) is 0 Å². The van der Waals surface area contributed by atoms with E-state index < -0.39 is 5.97 Å². The molecule has 1 aromatic heterocycles. The molecule has 17 heavy (non-hydrogen) atoms. The summed E-state index contributed by atoms with van der Waals surface area (Å²) >= 11 is 0. The van der Waals surface area contributed by atoms with Crippen LogP contribution in [0, 0.1) is 6.92 Å². The average molecular weight is 241 g/mol. The van der Waals surface area contributed by atoms with Gasteiger partial charge < -0.3 is 19.6 Å². The minimum atomic E-state index is -1.02. The van der Waals surface area contributed by atoms with Gasteiger partial charge in [0.2, 0.25) is 5.76 Å². The van der Waals surface area contributed by atoms with Crippen LogP contribution in [-0.4, -0.2) is 30.8 Å². The fourth-order valence-electron chi connectivity index (χ4n) is 1.50. The van der Waals surface area contributed by atoms with E-state index in [2.05, 4.69) is 5.32 Å². The molecule has 5 heteroatoms. The van der Waals surface area contributed by atoms with Gasteiger partial charge in [0.05, 0.1) is 6.54 Å². The molecule has 0 fully saturated rings.